The number of methoxy groups -OCH3 is 1. The summed E-state index contributed by atoms with van der Waals surface area (Å²) in [5.74, 6) is 1.37. The molecule has 0 saturated carbocycles. The maximum Gasteiger partial charge on any atom is 0.190 e. The molecule has 0 amide bonds. The van der Waals surface area contributed by atoms with Crippen molar-refractivity contribution in [3.05, 3.63) is 23.8 Å². The second-order valence-electron chi connectivity index (χ2n) is 5.19. The molecule has 3 rings (SSSR count). The minimum Gasteiger partial charge on any atom is -0.375 e. The van der Waals surface area contributed by atoms with Crippen molar-refractivity contribution in [1.82, 2.24) is 15.0 Å². The second kappa shape index (κ2) is 5.90. The summed E-state index contributed by atoms with van der Waals surface area (Å²) in [4.78, 5) is 12.8. The summed E-state index contributed by atoms with van der Waals surface area (Å²) in [5, 5.41) is 5.76. The van der Waals surface area contributed by atoms with Gasteiger partial charge in [0, 0.05) is 31.4 Å². The Labute approximate surface area is 132 Å². The van der Waals surface area contributed by atoms with Crippen molar-refractivity contribution in [3.63, 3.8) is 0 Å². The highest BCUT2D eigenvalue weighted by Crippen LogP contribution is 2.27. The van der Waals surface area contributed by atoms with Gasteiger partial charge in [-0.3, -0.25) is 0 Å². The number of ether oxygens (including phenoxy) is 1. The third-order valence-corrected chi connectivity index (χ3v) is 6.22. The average molecular weight is 340 g/mol. The SMILES string of the molecule is COC1(CNc2ccnc(-c3nccs3)n2)CCS(=O)(=O)C1. The first kappa shape index (κ1) is 15.3. The maximum atomic E-state index is 11.7. The molecule has 9 heteroatoms. The summed E-state index contributed by atoms with van der Waals surface area (Å²) in [6.07, 6.45) is 3.84. The van der Waals surface area contributed by atoms with E-state index in [4.69, 9.17) is 4.74 Å². The van der Waals surface area contributed by atoms with Gasteiger partial charge in [0.2, 0.25) is 0 Å². The Kier molecular flexibility index (Phi) is 4.11. The van der Waals surface area contributed by atoms with Crippen molar-refractivity contribution >= 4 is 27.0 Å². The molecule has 1 N–H and O–H groups in total. The highest BCUT2D eigenvalue weighted by molar-refractivity contribution is 7.91. The summed E-state index contributed by atoms with van der Waals surface area (Å²) < 4.78 is 28.8. The zero-order valence-corrected chi connectivity index (χ0v) is 13.7. The highest BCUT2D eigenvalue weighted by atomic mass is 32.2. The van der Waals surface area contributed by atoms with E-state index in [9.17, 15) is 8.42 Å². The lowest BCUT2D eigenvalue weighted by atomic mass is 10.0. The van der Waals surface area contributed by atoms with E-state index in [0.29, 0.717) is 24.6 Å². The Morgan fingerprint density at radius 3 is 2.91 bits per heavy atom. The van der Waals surface area contributed by atoms with Gasteiger partial charge in [-0.15, -0.1) is 11.3 Å². The number of hydrogen-bond donors (Lipinski definition) is 1. The molecule has 3 heterocycles. The third-order valence-electron chi connectivity index (χ3n) is 3.66. The fourth-order valence-electron chi connectivity index (χ4n) is 2.40. The van der Waals surface area contributed by atoms with E-state index in [2.05, 4.69) is 20.3 Å². The fourth-order valence-corrected chi connectivity index (χ4v) is 4.97. The maximum absolute atomic E-state index is 11.7. The minimum atomic E-state index is -3.02. The van der Waals surface area contributed by atoms with Crippen LogP contribution in [0.25, 0.3) is 10.8 Å². The molecule has 0 aromatic carbocycles. The van der Waals surface area contributed by atoms with E-state index in [1.165, 1.54) is 11.3 Å². The normalized spacial score (nSPS) is 23.5. The van der Waals surface area contributed by atoms with Crippen LogP contribution >= 0.6 is 11.3 Å². The number of rotatable bonds is 5. The van der Waals surface area contributed by atoms with E-state index in [1.807, 2.05) is 5.38 Å². The third kappa shape index (κ3) is 3.26. The number of aromatic nitrogens is 3. The molecule has 0 spiro atoms. The van der Waals surface area contributed by atoms with Crippen LogP contribution in [0.15, 0.2) is 23.8 Å². The Bertz CT molecular complexity index is 748. The molecule has 1 atom stereocenters. The molecule has 2 aromatic rings. The van der Waals surface area contributed by atoms with Crippen LogP contribution in [0.1, 0.15) is 6.42 Å². The summed E-state index contributed by atoms with van der Waals surface area (Å²) in [7, 11) is -1.47. The van der Waals surface area contributed by atoms with Gasteiger partial charge in [0.1, 0.15) is 5.82 Å². The van der Waals surface area contributed by atoms with E-state index in [1.54, 1.807) is 25.6 Å². The Morgan fingerprint density at radius 2 is 2.27 bits per heavy atom. The Morgan fingerprint density at radius 1 is 1.41 bits per heavy atom. The van der Waals surface area contributed by atoms with Gasteiger partial charge < -0.3 is 10.1 Å². The summed E-state index contributed by atoms with van der Waals surface area (Å²) in [6.45, 7) is 0.386. The molecule has 2 aromatic heterocycles. The van der Waals surface area contributed by atoms with Crippen LogP contribution < -0.4 is 5.32 Å². The van der Waals surface area contributed by atoms with Gasteiger partial charge in [-0.25, -0.2) is 23.4 Å². The lowest BCUT2D eigenvalue weighted by Crippen LogP contribution is -2.40. The van der Waals surface area contributed by atoms with Crippen LogP contribution in [-0.4, -0.2) is 54.1 Å². The van der Waals surface area contributed by atoms with Crippen molar-refractivity contribution < 1.29 is 13.2 Å². The van der Waals surface area contributed by atoms with Gasteiger partial charge in [-0.1, -0.05) is 0 Å². The van der Waals surface area contributed by atoms with Gasteiger partial charge in [0.15, 0.2) is 20.7 Å². The zero-order chi connectivity index (χ0) is 15.6. The predicted octanol–water partition coefficient (Wildman–Crippen LogP) is 1.22. The van der Waals surface area contributed by atoms with Crippen molar-refractivity contribution in [2.75, 3.05) is 30.5 Å². The van der Waals surface area contributed by atoms with Gasteiger partial charge in [-0.05, 0) is 12.5 Å². The molecule has 1 aliphatic rings. The molecule has 7 nitrogen and oxygen atoms in total. The molecular weight excluding hydrogens is 324 g/mol. The van der Waals surface area contributed by atoms with Crippen molar-refractivity contribution in [1.29, 1.82) is 0 Å². The number of sulfone groups is 1. The molecule has 0 aliphatic carbocycles. The van der Waals surface area contributed by atoms with E-state index < -0.39 is 15.4 Å². The predicted molar refractivity (Wildman–Crippen MR) is 84.6 cm³/mol. The van der Waals surface area contributed by atoms with Crippen LogP contribution in [0.3, 0.4) is 0 Å². The smallest absolute Gasteiger partial charge is 0.190 e. The first-order valence-electron chi connectivity index (χ1n) is 6.74. The minimum absolute atomic E-state index is 0.0356. The van der Waals surface area contributed by atoms with E-state index in [-0.39, 0.29) is 11.5 Å². The second-order valence-corrected chi connectivity index (χ2v) is 8.26. The molecule has 22 heavy (non-hydrogen) atoms. The highest BCUT2D eigenvalue weighted by Gasteiger charge is 2.42. The standard InChI is InChI=1S/C13H16N4O3S2/c1-20-13(3-7-22(18,19)9-13)8-16-10-2-4-14-11(17-10)12-15-5-6-21-12/h2,4-6H,3,7-9H2,1H3,(H,14,16,17). The fraction of sp³-hybridized carbons (Fsp3) is 0.462. The summed E-state index contributed by atoms with van der Waals surface area (Å²) >= 11 is 1.46. The number of nitrogens with zero attached hydrogens (tertiary/aromatic N) is 3. The van der Waals surface area contributed by atoms with Gasteiger partial charge in [0.25, 0.3) is 0 Å². The van der Waals surface area contributed by atoms with Crippen LogP contribution in [0, 0.1) is 0 Å². The molecule has 1 saturated heterocycles. The first-order chi connectivity index (χ1) is 10.5. The Balaban J connectivity index is 1.73. The number of hydrogen-bond acceptors (Lipinski definition) is 8. The van der Waals surface area contributed by atoms with E-state index in [0.717, 1.165) is 5.01 Å². The van der Waals surface area contributed by atoms with E-state index >= 15 is 0 Å². The molecule has 0 radical (unpaired) electrons. The van der Waals surface area contributed by atoms with Crippen LogP contribution in [-0.2, 0) is 14.6 Å². The number of thiazole rings is 1. The zero-order valence-electron chi connectivity index (χ0n) is 12.0. The summed E-state index contributed by atoms with van der Waals surface area (Å²) in [5.41, 5.74) is -0.689. The number of nitrogens with one attached hydrogen (secondary N) is 1. The quantitative estimate of drug-likeness (QED) is 0.874. The lowest BCUT2D eigenvalue weighted by molar-refractivity contribution is 0.0241. The average Bonchev–Trinajstić information content (AvgIpc) is 3.14. The lowest BCUT2D eigenvalue weighted by Gasteiger charge is -2.26. The molecule has 1 aliphatic heterocycles. The molecule has 0 bridgehead atoms. The Hall–Kier alpha value is -1.58. The number of anilines is 1. The largest absolute Gasteiger partial charge is 0.375 e. The van der Waals surface area contributed by atoms with Crippen LogP contribution in [0.5, 0.6) is 0 Å². The summed E-state index contributed by atoms with van der Waals surface area (Å²) in [6, 6.07) is 1.74. The molecule has 1 fully saturated rings. The van der Waals surface area contributed by atoms with Crippen LogP contribution in [0.4, 0.5) is 5.82 Å². The molecule has 118 valence electrons. The van der Waals surface area contributed by atoms with Crippen molar-refractivity contribution in [2.24, 2.45) is 0 Å². The first-order valence-corrected chi connectivity index (χ1v) is 9.44. The van der Waals surface area contributed by atoms with Crippen molar-refractivity contribution in [2.45, 2.75) is 12.0 Å². The van der Waals surface area contributed by atoms with Crippen molar-refractivity contribution in [3.8, 4) is 10.8 Å². The topological polar surface area (TPSA) is 94.1 Å². The molecule has 1 unspecified atom stereocenters. The molecular formula is C13H16N4O3S2. The van der Waals surface area contributed by atoms with Gasteiger partial charge >= 0.3 is 0 Å². The van der Waals surface area contributed by atoms with Gasteiger partial charge in [0.05, 0.1) is 17.1 Å². The monoisotopic (exact) mass is 340 g/mol. The van der Waals surface area contributed by atoms with Gasteiger partial charge in [-0.2, -0.15) is 0 Å². The van der Waals surface area contributed by atoms with Crippen LogP contribution in [0.2, 0.25) is 0 Å².